The van der Waals surface area contributed by atoms with Gasteiger partial charge in [-0.05, 0) is 31.5 Å². The molecular weight excluding hydrogens is 435 g/mol. The van der Waals surface area contributed by atoms with Crippen molar-refractivity contribution in [2.45, 2.75) is 26.8 Å². The minimum absolute atomic E-state index is 0. The normalized spacial score (nSPS) is 10.6. The molecule has 142 valence electrons. The summed E-state index contributed by atoms with van der Waals surface area (Å²) >= 11 is 0. The maximum atomic E-state index is 11.9. The summed E-state index contributed by atoms with van der Waals surface area (Å²) in [6.07, 6.45) is 0.397. The number of hydrogen-bond acceptors (Lipinski definition) is 4. The van der Waals surface area contributed by atoms with Crippen LogP contribution in [0.1, 0.15) is 25.8 Å². The van der Waals surface area contributed by atoms with E-state index in [0.29, 0.717) is 37.0 Å². The van der Waals surface area contributed by atoms with E-state index >= 15 is 0 Å². The van der Waals surface area contributed by atoms with E-state index in [0.717, 1.165) is 18.7 Å². The number of benzene rings is 1. The van der Waals surface area contributed by atoms with Crippen molar-refractivity contribution >= 4 is 35.8 Å². The lowest BCUT2D eigenvalue weighted by atomic mass is 10.2. The highest BCUT2D eigenvalue weighted by molar-refractivity contribution is 14.0. The second-order valence-electron chi connectivity index (χ2n) is 5.13. The van der Waals surface area contributed by atoms with Crippen molar-refractivity contribution in [1.29, 1.82) is 0 Å². The molecule has 0 radical (unpaired) electrons. The molecule has 0 saturated carbocycles. The molecule has 0 saturated heterocycles. The van der Waals surface area contributed by atoms with Crippen molar-refractivity contribution in [2.24, 2.45) is 10.7 Å². The van der Waals surface area contributed by atoms with Crippen LogP contribution >= 0.6 is 24.0 Å². The Hall–Kier alpha value is -1.71. The van der Waals surface area contributed by atoms with Crippen molar-refractivity contribution in [3.8, 4) is 11.5 Å². The van der Waals surface area contributed by atoms with Crippen LogP contribution in [0.2, 0.25) is 0 Å². The molecule has 3 N–H and O–H groups in total. The van der Waals surface area contributed by atoms with Crippen molar-refractivity contribution in [2.75, 3.05) is 33.9 Å². The van der Waals surface area contributed by atoms with Crippen molar-refractivity contribution in [3.63, 3.8) is 0 Å². The number of methoxy groups -OCH3 is 2. The number of nitrogens with one attached hydrogen (secondary N) is 1. The first-order valence-corrected chi connectivity index (χ1v) is 8.08. The minimum atomic E-state index is 0. The van der Waals surface area contributed by atoms with E-state index in [1.54, 1.807) is 19.1 Å². The van der Waals surface area contributed by atoms with Crippen LogP contribution in [0.15, 0.2) is 23.2 Å². The van der Waals surface area contributed by atoms with Crippen LogP contribution in [0.3, 0.4) is 0 Å². The Balaban J connectivity index is 0.00000576. The van der Waals surface area contributed by atoms with Gasteiger partial charge in [-0.15, -0.1) is 24.0 Å². The van der Waals surface area contributed by atoms with Gasteiger partial charge in [0.2, 0.25) is 5.91 Å². The van der Waals surface area contributed by atoms with Crippen LogP contribution in [0, 0.1) is 0 Å². The molecule has 0 unspecified atom stereocenters. The second kappa shape index (κ2) is 12.6. The summed E-state index contributed by atoms with van der Waals surface area (Å²) in [5, 5.41) is 2.96. The standard InChI is InChI=1S/C17H28N4O3.HI/c1-5-21(6-2)16(22)9-10-19-17(18)20-12-13-7-8-14(23-3)15(11-13)24-4;/h7-8,11H,5-6,9-10,12H2,1-4H3,(H3,18,19,20);1H. The van der Waals surface area contributed by atoms with E-state index in [2.05, 4.69) is 10.3 Å². The summed E-state index contributed by atoms with van der Waals surface area (Å²) in [5.74, 6) is 1.75. The van der Waals surface area contributed by atoms with Crippen LogP contribution in [0.4, 0.5) is 0 Å². The van der Waals surface area contributed by atoms with Crippen LogP contribution in [-0.2, 0) is 11.3 Å². The number of amides is 1. The molecule has 1 amide bonds. The number of nitrogens with zero attached hydrogens (tertiary/aromatic N) is 2. The summed E-state index contributed by atoms with van der Waals surface area (Å²) in [7, 11) is 3.19. The highest BCUT2D eigenvalue weighted by Crippen LogP contribution is 2.27. The molecule has 0 atom stereocenters. The van der Waals surface area contributed by atoms with Crippen molar-refractivity contribution in [1.82, 2.24) is 10.2 Å². The molecule has 0 bridgehead atoms. The molecule has 0 aliphatic carbocycles. The monoisotopic (exact) mass is 464 g/mol. The Morgan fingerprint density at radius 3 is 2.40 bits per heavy atom. The van der Waals surface area contributed by atoms with E-state index in [1.165, 1.54) is 0 Å². The second-order valence-corrected chi connectivity index (χ2v) is 5.13. The average molecular weight is 464 g/mol. The zero-order valence-electron chi connectivity index (χ0n) is 15.4. The predicted molar refractivity (Wildman–Crippen MR) is 111 cm³/mol. The lowest BCUT2D eigenvalue weighted by Crippen LogP contribution is -2.37. The average Bonchev–Trinajstić information content (AvgIpc) is 2.60. The Labute approximate surface area is 167 Å². The summed E-state index contributed by atoms with van der Waals surface area (Å²) in [6, 6.07) is 5.59. The number of carbonyl (C=O) groups is 1. The first kappa shape index (κ1) is 23.3. The van der Waals surface area contributed by atoms with Crippen molar-refractivity contribution < 1.29 is 14.3 Å². The molecule has 1 aromatic carbocycles. The number of carbonyl (C=O) groups excluding carboxylic acids is 1. The Morgan fingerprint density at radius 2 is 1.84 bits per heavy atom. The topological polar surface area (TPSA) is 89.2 Å². The van der Waals surface area contributed by atoms with Gasteiger partial charge in [0.15, 0.2) is 17.5 Å². The minimum Gasteiger partial charge on any atom is -0.493 e. The fourth-order valence-electron chi connectivity index (χ4n) is 2.24. The third kappa shape index (κ3) is 7.80. The maximum absolute atomic E-state index is 11.9. The number of ether oxygens (including phenoxy) is 2. The molecule has 7 nitrogen and oxygen atoms in total. The molecule has 1 aromatic rings. The van der Waals surface area contributed by atoms with E-state index in [-0.39, 0.29) is 29.9 Å². The van der Waals surface area contributed by atoms with Crippen molar-refractivity contribution in [3.05, 3.63) is 23.8 Å². The van der Waals surface area contributed by atoms with Gasteiger partial charge in [-0.3, -0.25) is 4.79 Å². The Kier molecular flexibility index (Phi) is 11.8. The van der Waals surface area contributed by atoms with Crippen LogP contribution < -0.4 is 20.5 Å². The fourth-order valence-corrected chi connectivity index (χ4v) is 2.24. The molecule has 0 fully saturated rings. The predicted octanol–water partition coefficient (Wildman–Crippen LogP) is 1.98. The number of halogens is 1. The third-order valence-corrected chi connectivity index (χ3v) is 3.64. The maximum Gasteiger partial charge on any atom is 0.224 e. The molecule has 0 aliphatic rings. The fraction of sp³-hybridized carbons (Fsp3) is 0.529. The van der Waals surface area contributed by atoms with Crippen LogP contribution in [0.5, 0.6) is 11.5 Å². The summed E-state index contributed by atoms with van der Waals surface area (Å²) in [6.45, 7) is 6.26. The molecule has 0 spiro atoms. The van der Waals surface area contributed by atoms with Gasteiger partial charge in [0.1, 0.15) is 0 Å². The zero-order chi connectivity index (χ0) is 17.9. The van der Waals surface area contributed by atoms with Crippen LogP contribution in [0.25, 0.3) is 0 Å². The lowest BCUT2D eigenvalue weighted by molar-refractivity contribution is -0.130. The largest absolute Gasteiger partial charge is 0.493 e. The molecule has 1 rings (SSSR count). The summed E-state index contributed by atoms with van der Waals surface area (Å²) in [4.78, 5) is 17.9. The number of hydrogen-bond donors (Lipinski definition) is 2. The quantitative estimate of drug-likeness (QED) is 0.332. The third-order valence-electron chi connectivity index (χ3n) is 3.64. The smallest absolute Gasteiger partial charge is 0.224 e. The number of aliphatic imine (C=N–C) groups is 1. The van der Waals surface area contributed by atoms with E-state index in [1.807, 2.05) is 32.0 Å². The molecule has 0 aliphatic heterocycles. The van der Waals surface area contributed by atoms with E-state index in [9.17, 15) is 4.79 Å². The van der Waals surface area contributed by atoms with Gasteiger partial charge in [-0.1, -0.05) is 6.07 Å². The van der Waals surface area contributed by atoms with E-state index in [4.69, 9.17) is 15.2 Å². The Morgan fingerprint density at radius 1 is 1.20 bits per heavy atom. The van der Waals surface area contributed by atoms with Gasteiger partial charge in [0, 0.05) is 26.1 Å². The molecule has 0 aromatic heterocycles. The number of rotatable bonds is 9. The molecule has 8 heteroatoms. The SMILES string of the molecule is CCN(CC)C(=O)CCNC(N)=NCc1ccc(OC)c(OC)c1.I. The lowest BCUT2D eigenvalue weighted by Gasteiger charge is -2.18. The van der Waals surface area contributed by atoms with E-state index < -0.39 is 0 Å². The molecular formula is C17H29IN4O3. The number of guanidine groups is 1. The van der Waals surface area contributed by atoms with Gasteiger partial charge in [-0.2, -0.15) is 0 Å². The van der Waals surface area contributed by atoms with Gasteiger partial charge in [0.25, 0.3) is 0 Å². The molecule has 0 heterocycles. The van der Waals surface area contributed by atoms with Gasteiger partial charge >= 0.3 is 0 Å². The van der Waals surface area contributed by atoms with Crippen LogP contribution in [-0.4, -0.2) is 50.6 Å². The summed E-state index contributed by atoms with van der Waals surface area (Å²) < 4.78 is 10.5. The first-order valence-electron chi connectivity index (χ1n) is 8.08. The first-order chi connectivity index (χ1) is 11.5. The van der Waals surface area contributed by atoms with Gasteiger partial charge < -0.3 is 25.4 Å². The van der Waals surface area contributed by atoms with Gasteiger partial charge in [0.05, 0.1) is 20.8 Å². The highest BCUT2D eigenvalue weighted by atomic mass is 127. The molecule has 25 heavy (non-hydrogen) atoms. The highest BCUT2D eigenvalue weighted by Gasteiger charge is 2.08. The Bertz CT molecular complexity index is 563. The number of nitrogens with two attached hydrogens (primary N) is 1. The van der Waals surface area contributed by atoms with Gasteiger partial charge in [-0.25, -0.2) is 4.99 Å². The summed E-state index contributed by atoms with van der Waals surface area (Å²) in [5.41, 5.74) is 6.79. The zero-order valence-corrected chi connectivity index (χ0v) is 17.7.